The van der Waals surface area contributed by atoms with Crippen molar-refractivity contribution in [1.82, 2.24) is 0 Å². The van der Waals surface area contributed by atoms with Gasteiger partial charge in [0.15, 0.2) is 0 Å². The van der Waals surface area contributed by atoms with Crippen molar-refractivity contribution in [1.29, 1.82) is 0 Å². The second-order valence-electron chi connectivity index (χ2n) is 8.57. The number of ether oxygens (including phenoxy) is 2. The van der Waals surface area contributed by atoms with Gasteiger partial charge in [-0.2, -0.15) is 0 Å². The molecule has 0 aromatic heterocycles. The molecule has 184 valence electrons. The van der Waals surface area contributed by atoms with Gasteiger partial charge in [-0.3, -0.25) is 0 Å². The van der Waals surface area contributed by atoms with Gasteiger partial charge in [0.05, 0.1) is 0 Å². The number of phenols is 2. The predicted molar refractivity (Wildman–Crippen MR) is 140 cm³/mol. The first-order valence-electron chi connectivity index (χ1n) is 12.2. The fraction of sp³-hybridized carbons (Fsp3) is 0.194. The van der Waals surface area contributed by atoms with Crippen molar-refractivity contribution in [3.05, 3.63) is 119 Å². The molecule has 2 unspecified atom stereocenters. The van der Waals surface area contributed by atoms with Gasteiger partial charge in [-0.1, -0.05) is 86.6 Å². The van der Waals surface area contributed by atoms with Crippen LogP contribution in [0.15, 0.2) is 97.1 Å². The van der Waals surface area contributed by atoms with Gasteiger partial charge in [0, 0.05) is 34.1 Å². The van der Waals surface area contributed by atoms with E-state index in [9.17, 15) is 15.0 Å². The van der Waals surface area contributed by atoms with Gasteiger partial charge in [0.1, 0.15) is 23.0 Å². The Labute approximate surface area is 211 Å². The molecule has 0 saturated carbocycles. The Morgan fingerprint density at radius 2 is 0.917 bits per heavy atom. The quantitative estimate of drug-likeness (QED) is 0.198. The van der Waals surface area contributed by atoms with Crippen LogP contribution in [-0.2, 0) is 0 Å². The van der Waals surface area contributed by atoms with Crippen molar-refractivity contribution in [2.45, 2.75) is 38.5 Å². The second kappa shape index (κ2) is 11.5. The number of hydrogen-bond acceptors (Lipinski definition) is 5. The molecule has 5 nitrogen and oxygen atoms in total. The number of phenolic OH excluding ortho intramolecular Hbond substituents is 2. The van der Waals surface area contributed by atoms with Gasteiger partial charge in [0.2, 0.25) is 0 Å². The van der Waals surface area contributed by atoms with Gasteiger partial charge < -0.3 is 19.7 Å². The summed E-state index contributed by atoms with van der Waals surface area (Å²) < 4.78 is 11.4. The Balaban J connectivity index is 1.60. The Kier molecular flexibility index (Phi) is 7.91. The molecule has 0 radical (unpaired) electrons. The standard InChI is InChI=1S/C31H30O5/c1-3-21(23-13-5-9-17-27(23)32)25-15-7-11-19-29(25)35-31(34)36-30-20-12-8-16-26(30)22(4-2)24-14-6-10-18-28(24)33/h5-22,32-33H,3-4H2,1-2H3. The van der Waals surface area contributed by atoms with Crippen molar-refractivity contribution in [2.75, 3.05) is 0 Å². The van der Waals surface area contributed by atoms with E-state index in [-0.39, 0.29) is 23.3 Å². The molecule has 2 atom stereocenters. The molecule has 4 rings (SSSR count). The zero-order chi connectivity index (χ0) is 25.5. The Hall–Kier alpha value is -4.25. The lowest BCUT2D eigenvalue weighted by atomic mass is 9.88. The average Bonchev–Trinajstić information content (AvgIpc) is 2.89. The highest BCUT2D eigenvalue weighted by molar-refractivity contribution is 5.69. The van der Waals surface area contributed by atoms with Crippen molar-refractivity contribution in [3.63, 3.8) is 0 Å². The van der Waals surface area contributed by atoms with Gasteiger partial charge >= 0.3 is 6.16 Å². The molecule has 0 saturated heterocycles. The normalized spacial score (nSPS) is 12.5. The molecule has 0 amide bonds. The molecular formula is C31H30O5. The van der Waals surface area contributed by atoms with Crippen LogP contribution in [0.1, 0.15) is 60.8 Å². The third kappa shape index (κ3) is 5.36. The minimum Gasteiger partial charge on any atom is -0.508 e. The Bertz CT molecular complexity index is 1230. The molecule has 4 aromatic rings. The average molecular weight is 483 g/mol. The summed E-state index contributed by atoms with van der Waals surface area (Å²) in [6.45, 7) is 4.04. The van der Waals surface area contributed by atoms with Crippen LogP contribution < -0.4 is 9.47 Å². The van der Waals surface area contributed by atoms with Crippen LogP contribution in [0.5, 0.6) is 23.0 Å². The van der Waals surface area contributed by atoms with Gasteiger partial charge in [-0.05, 0) is 37.1 Å². The van der Waals surface area contributed by atoms with E-state index >= 15 is 0 Å². The molecule has 0 fully saturated rings. The lowest BCUT2D eigenvalue weighted by molar-refractivity contribution is 0.150. The van der Waals surface area contributed by atoms with Crippen LogP contribution in [0, 0.1) is 0 Å². The Morgan fingerprint density at radius 3 is 1.28 bits per heavy atom. The first-order valence-corrected chi connectivity index (χ1v) is 12.2. The van der Waals surface area contributed by atoms with E-state index in [1.54, 1.807) is 48.5 Å². The second-order valence-corrected chi connectivity index (χ2v) is 8.57. The van der Waals surface area contributed by atoms with E-state index in [2.05, 4.69) is 0 Å². The third-order valence-electron chi connectivity index (χ3n) is 6.42. The maximum Gasteiger partial charge on any atom is 0.519 e. The summed E-state index contributed by atoms with van der Waals surface area (Å²) in [7, 11) is 0. The molecule has 36 heavy (non-hydrogen) atoms. The minimum atomic E-state index is -0.853. The fourth-order valence-electron chi connectivity index (χ4n) is 4.70. The predicted octanol–water partition coefficient (Wildman–Crippen LogP) is 7.76. The highest BCUT2D eigenvalue weighted by Gasteiger charge is 2.24. The number of hydrogen-bond donors (Lipinski definition) is 2. The SMILES string of the molecule is CCC(c1ccccc1O)c1ccccc1OC(=O)Oc1ccccc1C(CC)c1ccccc1O. The van der Waals surface area contributed by atoms with E-state index < -0.39 is 6.16 Å². The number of para-hydroxylation sites is 4. The molecule has 5 heteroatoms. The molecule has 0 aliphatic rings. The summed E-state index contributed by atoms with van der Waals surface area (Å²) in [5, 5.41) is 20.8. The van der Waals surface area contributed by atoms with Crippen LogP contribution >= 0.6 is 0 Å². The fourth-order valence-corrected chi connectivity index (χ4v) is 4.70. The number of rotatable bonds is 8. The highest BCUT2D eigenvalue weighted by Crippen LogP contribution is 2.40. The lowest BCUT2D eigenvalue weighted by Crippen LogP contribution is -2.17. The van der Waals surface area contributed by atoms with Crippen molar-refractivity contribution >= 4 is 6.16 Å². The van der Waals surface area contributed by atoms with E-state index in [4.69, 9.17) is 9.47 Å². The maximum absolute atomic E-state index is 13.0. The molecule has 0 aliphatic heterocycles. The first-order chi connectivity index (χ1) is 17.5. The molecule has 0 aliphatic carbocycles. The van der Waals surface area contributed by atoms with E-state index in [1.165, 1.54) is 0 Å². The smallest absolute Gasteiger partial charge is 0.508 e. The summed E-state index contributed by atoms with van der Waals surface area (Å²) in [5.41, 5.74) is 3.10. The van der Waals surface area contributed by atoms with E-state index in [1.807, 2.05) is 62.4 Å². The Morgan fingerprint density at radius 1 is 0.583 bits per heavy atom. The van der Waals surface area contributed by atoms with Gasteiger partial charge in [-0.15, -0.1) is 0 Å². The van der Waals surface area contributed by atoms with Crippen LogP contribution in [-0.4, -0.2) is 16.4 Å². The summed E-state index contributed by atoms with van der Waals surface area (Å²) in [4.78, 5) is 13.0. The molecule has 4 aromatic carbocycles. The van der Waals surface area contributed by atoms with Crippen molar-refractivity contribution in [3.8, 4) is 23.0 Å². The van der Waals surface area contributed by atoms with Crippen molar-refractivity contribution < 1.29 is 24.5 Å². The summed E-state index contributed by atoms with van der Waals surface area (Å²) in [6.07, 6.45) is 0.553. The van der Waals surface area contributed by atoms with Crippen LogP contribution in [0.4, 0.5) is 4.79 Å². The molecule has 2 N–H and O–H groups in total. The lowest BCUT2D eigenvalue weighted by Gasteiger charge is -2.21. The van der Waals surface area contributed by atoms with Gasteiger partial charge in [-0.25, -0.2) is 4.79 Å². The number of benzene rings is 4. The number of carbonyl (C=O) groups is 1. The van der Waals surface area contributed by atoms with Crippen LogP contribution in [0.3, 0.4) is 0 Å². The molecule has 0 spiro atoms. The van der Waals surface area contributed by atoms with Crippen LogP contribution in [0.2, 0.25) is 0 Å². The topological polar surface area (TPSA) is 76.0 Å². The van der Waals surface area contributed by atoms with Gasteiger partial charge in [0.25, 0.3) is 0 Å². The highest BCUT2D eigenvalue weighted by atomic mass is 16.7. The number of aromatic hydroxyl groups is 2. The maximum atomic E-state index is 13.0. The van der Waals surface area contributed by atoms with Crippen molar-refractivity contribution in [2.24, 2.45) is 0 Å². The molecule has 0 heterocycles. The largest absolute Gasteiger partial charge is 0.519 e. The van der Waals surface area contributed by atoms with E-state index in [0.29, 0.717) is 24.3 Å². The minimum absolute atomic E-state index is 0.159. The molecule has 0 bridgehead atoms. The monoisotopic (exact) mass is 482 g/mol. The zero-order valence-corrected chi connectivity index (χ0v) is 20.4. The summed E-state index contributed by atoms with van der Waals surface area (Å²) in [5.74, 6) is 0.836. The van der Waals surface area contributed by atoms with Crippen LogP contribution in [0.25, 0.3) is 0 Å². The third-order valence-corrected chi connectivity index (χ3v) is 6.42. The van der Waals surface area contributed by atoms with E-state index in [0.717, 1.165) is 22.3 Å². The first kappa shape index (κ1) is 24.9. The summed E-state index contributed by atoms with van der Waals surface area (Å²) in [6, 6.07) is 28.9. The number of carbonyl (C=O) groups excluding carboxylic acids is 1. The molecular weight excluding hydrogens is 452 g/mol. The zero-order valence-electron chi connectivity index (χ0n) is 20.4. The summed E-state index contributed by atoms with van der Waals surface area (Å²) >= 11 is 0.